The van der Waals surface area contributed by atoms with Gasteiger partial charge in [-0.2, -0.15) is 5.26 Å². The summed E-state index contributed by atoms with van der Waals surface area (Å²) in [4.78, 5) is 0. The maximum atomic E-state index is 12.0. The molecule has 0 fully saturated rings. The molecule has 70 valence electrons. The standard InChI is InChI=1S/C11H10N2O/c1-8-5-10-6-9(7-12)3-4-11(10)13(8,2)14/h3-6H,1-2H3. The topological polar surface area (TPSA) is 46.8 Å². The molecule has 0 amide bonds. The first-order valence-corrected chi connectivity index (χ1v) is 4.37. The fourth-order valence-corrected chi connectivity index (χ4v) is 1.67. The Kier molecular flexibility index (Phi) is 1.71. The van der Waals surface area contributed by atoms with Crippen LogP contribution in [0.1, 0.15) is 18.1 Å². The molecule has 0 bridgehead atoms. The second-order valence-electron chi connectivity index (χ2n) is 3.60. The van der Waals surface area contributed by atoms with E-state index in [2.05, 4.69) is 6.07 Å². The first kappa shape index (κ1) is 8.95. The molecule has 0 radical (unpaired) electrons. The van der Waals surface area contributed by atoms with Crippen LogP contribution in [0.5, 0.6) is 0 Å². The molecule has 0 aliphatic carbocycles. The lowest BCUT2D eigenvalue weighted by Crippen LogP contribution is -2.33. The SMILES string of the molecule is CC1=Cc2cc(C#N)ccc2[N+]1(C)[O-]. The van der Waals surface area contributed by atoms with Crippen molar-refractivity contribution >= 4 is 11.8 Å². The number of hydroxylamine groups is 2. The molecule has 1 aromatic rings. The molecule has 1 aromatic carbocycles. The van der Waals surface area contributed by atoms with Crippen LogP contribution in [0.4, 0.5) is 5.69 Å². The van der Waals surface area contributed by atoms with Gasteiger partial charge in [-0.15, -0.1) is 0 Å². The van der Waals surface area contributed by atoms with Gasteiger partial charge in [0.1, 0.15) is 11.4 Å². The van der Waals surface area contributed by atoms with Gasteiger partial charge in [-0.3, -0.25) is 0 Å². The molecule has 0 saturated carbocycles. The number of hydrogen-bond donors (Lipinski definition) is 0. The Morgan fingerprint density at radius 3 is 2.79 bits per heavy atom. The van der Waals surface area contributed by atoms with Crippen molar-refractivity contribution in [2.75, 3.05) is 7.05 Å². The molecule has 0 saturated heterocycles. The summed E-state index contributed by atoms with van der Waals surface area (Å²) >= 11 is 0. The fraction of sp³-hybridized carbons (Fsp3) is 0.182. The zero-order chi connectivity index (χ0) is 10.3. The van der Waals surface area contributed by atoms with Gasteiger partial charge in [-0.1, -0.05) is 0 Å². The molecule has 1 aliphatic rings. The van der Waals surface area contributed by atoms with E-state index in [9.17, 15) is 5.21 Å². The molecule has 2 rings (SSSR count). The molecule has 1 aliphatic heterocycles. The van der Waals surface area contributed by atoms with E-state index in [0.29, 0.717) is 11.3 Å². The first-order chi connectivity index (χ1) is 6.55. The number of hydrogen-bond acceptors (Lipinski definition) is 2. The van der Waals surface area contributed by atoms with Crippen LogP contribution >= 0.6 is 0 Å². The van der Waals surface area contributed by atoms with Gasteiger partial charge in [0, 0.05) is 24.6 Å². The largest absolute Gasteiger partial charge is 0.622 e. The number of quaternary nitrogens is 1. The van der Waals surface area contributed by atoms with Crippen molar-refractivity contribution in [2.45, 2.75) is 6.92 Å². The normalized spacial score (nSPS) is 24.0. The quantitative estimate of drug-likeness (QED) is 0.461. The van der Waals surface area contributed by atoms with E-state index >= 15 is 0 Å². The Balaban J connectivity index is 2.64. The zero-order valence-electron chi connectivity index (χ0n) is 8.11. The minimum absolute atomic E-state index is 0.457. The lowest BCUT2D eigenvalue weighted by atomic mass is 10.1. The van der Waals surface area contributed by atoms with Crippen molar-refractivity contribution in [1.29, 1.82) is 5.26 Å². The molecule has 1 heterocycles. The van der Waals surface area contributed by atoms with E-state index in [-0.39, 0.29) is 0 Å². The second-order valence-corrected chi connectivity index (χ2v) is 3.60. The molecule has 3 heteroatoms. The van der Waals surface area contributed by atoms with Crippen LogP contribution in [0.25, 0.3) is 6.08 Å². The van der Waals surface area contributed by atoms with Crippen molar-refractivity contribution in [1.82, 2.24) is 4.65 Å². The van der Waals surface area contributed by atoms with Gasteiger partial charge >= 0.3 is 0 Å². The van der Waals surface area contributed by atoms with Crippen LogP contribution < -0.4 is 4.65 Å². The van der Waals surface area contributed by atoms with Gasteiger partial charge in [-0.05, 0) is 12.1 Å². The summed E-state index contributed by atoms with van der Waals surface area (Å²) < 4.78 is -0.457. The van der Waals surface area contributed by atoms with Crippen LogP contribution in [0, 0.1) is 16.5 Å². The van der Waals surface area contributed by atoms with Gasteiger partial charge < -0.3 is 9.85 Å². The van der Waals surface area contributed by atoms with E-state index in [1.807, 2.05) is 6.08 Å². The fourth-order valence-electron chi connectivity index (χ4n) is 1.67. The molecule has 1 atom stereocenters. The number of allylic oxidation sites excluding steroid dienone is 1. The molecular weight excluding hydrogens is 176 g/mol. The van der Waals surface area contributed by atoms with E-state index in [4.69, 9.17) is 5.26 Å². The number of nitrogens with zero attached hydrogens (tertiary/aromatic N) is 2. The summed E-state index contributed by atoms with van der Waals surface area (Å²) in [6, 6.07) is 7.22. The van der Waals surface area contributed by atoms with Gasteiger partial charge in [0.2, 0.25) is 0 Å². The van der Waals surface area contributed by atoms with Crippen LogP contribution in [-0.4, -0.2) is 7.05 Å². The third kappa shape index (κ3) is 1.06. The third-order valence-corrected chi connectivity index (χ3v) is 2.65. The predicted molar refractivity (Wildman–Crippen MR) is 55.9 cm³/mol. The Bertz CT molecular complexity index is 467. The highest BCUT2D eigenvalue weighted by Crippen LogP contribution is 2.37. The van der Waals surface area contributed by atoms with Gasteiger partial charge in [0.25, 0.3) is 0 Å². The zero-order valence-corrected chi connectivity index (χ0v) is 8.11. The third-order valence-electron chi connectivity index (χ3n) is 2.65. The Labute approximate surface area is 82.7 Å². The Hall–Kier alpha value is -1.63. The lowest BCUT2D eigenvalue weighted by molar-refractivity contribution is 0.565. The molecular formula is C11H10N2O. The minimum atomic E-state index is -0.457. The van der Waals surface area contributed by atoms with E-state index in [1.165, 1.54) is 0 Å². The summed E-state index contributed by atoms with van der Waals surface area (Å²) in [6.45, 7) is 1.80. The maximum Gasteiger partial charge on any atom is 0.145 e. The second kappa shape index (κ2) is 2.68. The molecule has 1 unspecified atom stereocenters. The smallest absolute Gasteiger partial charge is 0.145 e. The number of fused-ring (bicyclic) bond motifs is 1. The molecule has 14 heavy (non-hydrogen) atoms. The number of benzene rings is 1. The summed E-state index contributed by atoms with van der Waals surface area (Å²) in [7, 11) is 1.60. The summed E-state index contributed by atoms with van der Waals surface area (Å²) in [5.74, 6) is 0. The minimum Gasteiger partial charge on any atom is -0.622 e. The molecule has 0 aromatic heterocycles. The van der Waals surface area contributed by atoms with E-state index < -0.39 is 4.65 Å². The van der Waals surface area contributed by atoms with E-state index in [1.54, 1.807) is 32.2 Å². The van der Waals surface area contributed by atoms with Crippen molar-refractivity contribution in [3.63, 3.8) is 0 Å². The average molecular weight is 186 g/mol. The highest BCUT2D eigenvalue weighted by Gasteiger charge is 2.27. The van der Waals surface area contributed by atoms with Gasteiger partial charge in [0.15, 0.2) is 0 Å². The Morgan fingerprint density at radius 2 is 2.14 bits per heavy atom. The number of rotatable bonds is 0. The number of nitriles is 1. The van der Waals surface area contributed by atoms with Crippen molar-refractivity contribution < 1.29 is 0 Å². The maximum absolute atomic E-state index is 12.0. The monoisotopic (exact) mass is 186 g/mol. The average Bonchev–Trinajstić information content (AvgIpc) is 2.38. The highest BCUT2D eigenvalue weighted by atomic mass is 16.5. The molecule has 3 nitrogen and oxygen atoms in total. The van der Waals surface area contributed by atoms with Crippen molar-refractivity contribution in [3.8, 4) is 6.07 Å². The van der Waals surface area contributed by atoms with Gasteiger partial charge in [0.05, 0.1) is 18.7 Å². The molecule has 0 N–H and O–H groups in total. The highest BCUT2D eigenvalue weighted by molar-refractivity contribution is 5.77. The van der Waals surface area contributed by atoms with Crippen molar-refractivity contribution in [2.24, 2.45) is 0 Å². The van der Waals surface area contributed by atoms with Crippen LogP contribution in [0.15, 0.2) is 23.9 Å². The summed E-state index contributed by atoms with van der Waals surface area (Å²) in [5, 5.41) is 20.8. The van der Waals surface area contributed by atoms with Crippen LogP contribution in [0.2, 0.25) is 0 Å². The predicted octanol–water partition coefficient (Wildman–Crippen LogP) is 2.37. The first-order valence-electron chi connectivity index (χ1n) is 4.37. The van der Waals surface area contributed by atoms with E-state index in [0.717, 1.165) is 11.3 Å². The summed E-state index contributed by atoms with van der Waals surface area (Å²) in [6.07, 6.45) is 1.84. The summed E-state index contributed by atoms with van der Waals surface area (Å²) in [5.41, 5.74) is 2.91. The lowest BCUT2D eigenvalue weighted by Gasteiger charge is -2.35. The van der Waals surface area contributed by atoms with Crippen LogP contribution in [-0.2, 0) is 0 Å². The van der Waals surface area contributed by atoms with Gasteiger partial charge in [-0.25, -0.2) is 0 Å². The Morgan fingerprint density at radius 1 is 1.43 bits per heavy atom. The van der Waals surface area contributed by atoms with Crippen molar-refractivity contribution in [3.05, 3.63) is 40.2 Å². The van der Waals surface area contributed by atoms with Crippen LogP contribution in [0.3, 0.4) is 0 Å². The molecule has 0 spiro atoms.